The molecule has 1 aliphatic rings. The number of esters is 1. The Morgan fingerprint density at radius 1 is 1.40 bits per heavy atom. The number of nitrogens with zero attached hydrogens (tertiary/aromatic N) is 1. The third-order valence-electron chi connectivity index (χ3n) is 3.34. The molecule has 2 rings (SSSR count). The van der Waals surface area contributed by atoms with Crippen LogP contribution < -0.4 is 10.6 Å². The number of nitrogens with one attached hydrogen (secondary N) is 2. The van der Waals surface area contributed by atoms with Crippen molar-refractivity contribution < 1.29 is 14.3 Å². The molecular formula is C13H19N3O3S. The number of ether oxygens (including phenoxy) is 1. The lowest BCUT2D eigenvalue weighted by atomic mass is 10.1. The molecular weight excluding hydrogens is 278 g/mol. The number of urea groups is 1. The van der Waals surface area contributed by atoms with Crippen LogP contribution in [0, 0.1) is 0 Å². The lowest BCUT2D eigenvalue weighted by Crippen LogP contribution is -2.44. The van der Waals surface area contributed by atoms with Gasteiger partial charge in [-0.3, -0.25) is 0 Å². The van der Waals surface area contributed by atoms with E-state index in [1.165, 1.54) is 18.4 Å². The molecule has 1 aromatic heterocycles. The number of anilines is 1. The van der Waals surface area contributed by atoms with Crippen LogP contribution in [0.1, 0.15) is 22.5 Å². The van der Waals surface area contributed by atoms with Crippen molar-refractivity contribution in [1.29, 1.82) is 0 Å². The number of hydrogen-bond acceptors (Lipinski definition) is 5. The van der Waals surface area contributed by atoms with Crippen molar-refractivity contribution in [1.82, 2.24) is 10.2 Å². The number of piperidine rings is 1. The SMILES string of the molecule is COC(=O)c1sccc1NC(=O)NC1CCN(C)CC1. The predicted octanol–water partition coefficient (Wildman–Crippen LogP) is 1.75. The minimum absolute atomic E-state index is 0.186. The third-order valence-corrected chi connectivity index (χ3v) is 4.23. The van der Waals surface area contributed by atoms with E-state index in [4.69, 9.17) is 0 Å². The highest BCUT2D eigenvalue weighted by atomic mass is 32.1. The Hall–Kier alpha value is -1.60. The average molecular weight is 297 g/mol. The number of carbonyl (C=O) groups is 2. The molecule has 0 saturated carbocycles. The van der Waals surface area contributed by atoms with Crippen molar-refractivity contribution in [2.45, 2.75) is 18.9 Å². The Labute approximate surface area is 122 Å². The van der Waals surface area contributed by atoms with Crippen LogP contribution in [0.4, 0.5) is 10.5 Å². The van der Waals surface area contributed by atoms with Gasteiger partial charge in [-0.2, -0.15) is 0 Å². The zero-order valence-corrected chi connectivity index (χ0v) is 12.5. The summed E-state index contributed by atoms with van der Waals surface area (Å²) in [6.07, 6.45) is 1.88. The molecule has 110 valence electrons. The zero-order valence-electron chi connectivity index (χ0n) is 11.6. The van der Waals surface area contributed by atoms with Gasteiger partial charge in [0.15, 0.2) is 0 Å². The van der Waals surface area contributed by atoms with Gasteiger partial charge in [-0.15, -0.1) is 11.3 Å². The number of rotatable bonds is 3. The van der Waals surface area contributed by atoms with Gasteiger partial charge in [0.05, 0.1) is 12.8 Å². The summed E-state index contributed by atoms with van der Waals surface area (Å²) in [7, 11) is 3.40. The first-order valence-electron chi connectivity index (χ1n) is 6.52. The summed E-state index contributed by atoms with van der Waals surface area (Å²) in [4.78, 5) is 26.1. The number of amides is 2. The molecule has 1 fully saturated rings. The van der Waals surface area contributed by atoms with E-state index in [0.717, 1.165) is 25.9 Å². The molecule has 0 unspecified atom stereocenters. The smallest absolute Gasteiger partial charge is 0.350 e. The maximum Gasteiger partial charge on any atom is 0.350 e. The molecule has 0 spiro atoms. The Bertz CT molecular complexity index is 481. The number of likely N-dealkylation sites (tertiary alicyclic amines) is 1. The second-order valence-electron chi connectivity index (χ2n) is 4.83. The first-order chi connectivity index (χ1) is 9.60. The van der Waals surface area contributed by atoms with Crippen LogP contribution in [0.15, 0.2) is 11.4 Å². The molecule has 6 nitrogen and oxygen atoms in total. The Morgan fingerprint density at radius 3 is 2.75 bits per heavy atom. The first-order valence-corrected chi connectivity index (χ1v) is 7.40. The number of thiophene rings is 1. The Kier molecular flexibility index (Phi) is 4.97. The van der Waals surface area contributed by atoms with Gasteiger partial charge in [-0.1, -0.05) is 0 Å². The maximum atomic E-state index is 11.9. The van der Waals surface area contributed by atoms with Gasteiger partial charge in [0, 0.05) is 6.04 Å². The fourth-order valence-corrected chi connectivity index (χ4v) is 2.92. The molecule has 1 aromatic rings. The molecule has 2 N–H and O–H groups in total. The van der Waals surface area contributed by atoms with E-state index >= 15 is 0 Å². The van der Waals surface area contributed by atoms with Gasteiger partial charge < -0.3 is 20.3 Å². The maximum absolute atomic E-state index is 11.9. The average Bonchev–Trinajstić information content (AvgIpc) is 2.88. The van der Waals surface area contributed by atoms with Crippen LogP contribution in [0.5, 0.6) is 0 Å². The topological polar surface area (TPSA) is 70.7 Å². The highest BCUT2D eigenvalue weighted by Crippen LogP contribution is 2.23. The minimum atomic E-state index is -0.436. The van der Waals surface area contributed by atoms with Crippen LogP contribution in [0.25, 0.3) is 0 Å². The number of hydrogen-bond donors (Lipinski definition) is 2. The molecule has 20 heavy (non-hydrogen) atoms. The summed E-state index contributed by atoms with van der Waals surface area (Å²) in [5.74, 6) is -0.436. The third kappa shape index (κ3) is 3.71. The van der Waals surface area contributed by atoms with Crippen LogP contribution in [-0.2, 0) is 4.74 Å². The van der Waals surface area contributed by atoms with E-state index in [1.54, 1.807) is 11.4 Å². The Balaban J connectivity index is 1.88. The molecule has 7 heteroatoms. The summed E-state index contributed by atoms with van der Waals surface area (Å²) in [5.41, 5.74) is 0.493. The quantitative estimate of drug-likeness (QED) is 0.834. The van der Waals surface area contributed by atoms with Crippen molar-refractivity contribution in [3.63, 3.8) is 0 Å². The van der Waals surface area contributed by atoms with Crippen LogP contribution in [0.3, 0.4) is 0 Å². The second-order valence-corrected chi connectivity index (χ2v) is 5.75. The van der Waals surface area contributed by atoms with Crippen LogP contribution >= 0.6 is 11.3 Å². The monoisotopic (exact) mass is 297 g/mol. The molecule has 2 amide bonds. The minimum Gasteiger partial charge on any atom is -0.465 e. The fourth-order valence-electron chi connectivity index (χ4n) is 2.16. The van der Waals surface area contributed by atoms with Crippen molar-refractivity contribution in [2.75, 3.05) is 32.6 Å². The Morgan fingerprint density at radius 2 is 2.10 bits per heavy atom. The lowest BCUT2D eigenvalue weighted by molar-refractivity contribution is 0.0607. The van der Waals surface area contributed by atoms with Gasteiger partial charge >= 0.3 is 12.0 Å². The summed E-state index contributed by atoms with van der Waals surface area (Å²) in [6.45, 7) is 1.97. The number of carbonyl (C=O) groups excluding carboxylic acids is 2. The molecule has 0 bridgehead atoms. The van der Waals surface area contributed by atoms with E-state index in [2.05, 4.69) is 27.3 Å². The molecule has 0 radical (unpaired) electrons. The molecule has 1 saturated heterocycles. The van der Waals surface area contributed by atoms with E-state index in [9.17, 15) is 9.59 Å². The second kappa shape index (κ2) is 6.71. The van der Waals surface area contributed by atoms with Crippen molar-refractivity contribution in [2.24, 2.45) is 0 Å². The van der Waals surface area contributed by atoms with Gasteiger partial charge in [0.25, 0.3) is 0 Å². The van der Waals surface area contributed by atoms with E-state index in [0.29, 0.717) is 10.6 Å². The zero-order chi connectivity index (χ0) is 14.5. The van der Waals surface area contributed by atoms with E-state index < -0.39 is 5.97 Å². The van der Waals surface area contributed by atoms with Gasteiger partial charge in [-0.25, -0.2) is 9.59 Å². The van der Waals surface area contributed by atoms with Crippen molar-refractivity contribution >= 4 is 29.0 Å². The molecule has 2 heterocycles. The molecule has 1 aliphatic heterocycles. The summed E-state index contributed by atoms with van der Waals surface area (Å²) in [6, 6.07) is 1.61. The highest BCUT2D eigenvalue weighted by molar-refractivity contribution is 7.12. The van der Waals surface area contributed by atoms with Gasteiger partial charge in [0.2, 0.25) is 0 Å². The molecule has 0 atom stereocenters. The molecule has 0 aliphatic carbocycles. The lowest BCUT2D eigenvalue weighted by Gasteiger charge is -2.29. The van der Waals surface area contributed by atoms with Crippen molar-refractivity contribution in [3.05, 3.63) is 16.3 Å². The van der Waals surface area contributed by atoms with Gasteiger partial charge in [0.1, 0.15) is 4.88 Å². The van der Waals surface area contributed by atoms with E-state index in [-0.39, 0.29) is 12.1 Å². The van der Waals surface area contributed by atoms with Gasteiger partial charge in [-0.05, 0) is 44.4 Å². The van der Waals surface area contributed by atoms with Crippen molar-refractivity contribution in [3.8, 4) is 0 Å². The molecule has 0 aromatic carbocycles. The standard InChI is InChI=1S/C13H19N3O3S/c1-16-6-3-9(4-7-16)14-13(18)15-10-5-8-20-11(10)12(17)19-2/h5,8-9H,3-4,6-7H2,1-2H3,(H2,14,15,18). The summed E-state index contributed by atoms with van der Waals surface area (Å²) in [5, 5.41) is 7.40. The largest absolute Gasteiger partial charge is 0.465 e. The van der Waals surface area contributed by atoms with Crippen LogP contribution in [0.2, 0.25) is 0 Å². The fraction of sp³-hybridized carbons (Fsp3) is 0.538. The first kappa shape index (κ1) is 14.8. The summed E-state index contributed by atoms with van der Waals surface area (Å²) < 4.78 is 4.67. The highest BCUT2D eigenvalue weighted by Gasteiger charge is 2.20. The predicted molar refractivity (Wildman–Crippen MR) is 78.3 cm³/mol. The van der Waals surface area contributed by atoms with E-state index in [1.807, 2.05) is 0 Å². The normalized spacial score (nSPS) is 16.7. The number of methoxy groups -OCH3 is 1. The van der Waals surface area contributed by atoms with Crippen LogP contribution in [-0.4, -0.2) is 50.2 Å². The summed E-state index contributed by atoms with van der Waals surface area (Å²) >= 11 is 1.25.